The van der Waals surface area contributed by atoms with E-state index in [2.05, 4.69) is 36.1 Å². The third kappa shape index (κ3) is 4.30. The minimum atomic E-state index is -2.91. The first-order valence-electron chi connectivity index (χ1n) is 7.13. The highest BCUT2D eigenvalue weighted by Gasteiger charge is 2.32. The average Bonchev–Trinajstić information content (AvgIpc) is 2.65. The predicted octanol–water partition coefficient (Wildman–Crippen LogP) is 1.62. The van der Waals surface area contributed by atoms with Crippen LogP contribution in [0, 0.1) is 6.92 Å². The van der Waals surface area contributed by atoms with Gasteiger partial charge in [0.25, 0.3) is 0 Å². The molecule has 0 spiro atoms. The lowest BCUT2D eigenvalue weighted by molar-refractivity contribution is 0.600. The van der Waals surface area contributed by atoms with Crippen molar-refractivity contribution in [3.63, 3.8) is 0 Å². The number of nitrogens with one attached hydrogen (secondary N) is 1. The number of hydrogen-bond acceptors (Lipinski definition) is 6. The van der Waals surface area contributed by atoms with Crippen LogP contribution in [0.15, 0.2) is 6.07 Å². The van der Waals surface area contributed by atoms with Crippen LogP contribution in [0.5, 0.6) is 0 Å². The molecule has 1 N–H and O–H groups in total. The molecule has 1 aliphatic heterocycles. The van der Waals surface area contributed by atoms with Crippen LogP contribution in [-0.2, 0) is 9.84 Å². The van der Waals surface area contributed by atoms with Crippen molar-refractivity contribution in [2.75, 3.05) is 28.8 Å². The molecular weight excluding hydrogens is 288 g/mol. The molecule has 1 atom stereocenters. The van der Waals surface area contributed by atoms with Crippen molar-refractivity contribution >= 4 is 21.6 Å². The number of aromatic nitrogens is 2. The summed E-state index contributed by atoms with van der Waals surface area (Å²) in [5.74, 6) is 1.77. The quantitative estimate of drug-likeness (QED) is 0.914. The molecule has 0 radical (unpaired) electrons. The summed E-state index contributed by atoms with van der Waals surface area (Å²) in [6.07, 6.45) is 0.637. The Labute approximate surface area is 126 Å². The molecule has 1 aliphatic rings. The Hall–Kier alpha value is -1.37. The smallest absolute Gasteiger partial charge is 0.227 e. The average molecular weight is 312 g/mol. The van der Waals surface area contributed by atoms with Crippen LogP contribution in [-0.4, -0.2) is 48.5 Å². The molecule has 7 heteroatoms. The molecule has 1 unspecified atom stereocenters. The van der Waals surface area contributed by atoms with Gasteiger partial charge in [-0.05, 0) is 34.1 Å². The first kappa shape index (κ1) is 16.0. The highest BCUT2D eigenvalue weighted by molar-refractivity contribution is 7.91. The van der Waals surface area contributed by atoms with Crippen molar-refractivity contribution in [1.29, 1.82) is 0 Å². The standard InChI is InChI=1S/C14H24N4O2S/c1-10-8-12(17-14(2,3)4)16-13(15-10)18(5)11-6-7-21(19,20)9-11/h8,11H,6-7,9H2,1-5H3,(H,15,16,17). The Kier molecular flexibility index (Phi) is 4.15. The minimum absolute atomic E-state index is 0.0423. The first-order chi connectivity index (χ1) is 9.56. The van der Waals surface area contributed by atoms with E-state index in [1.165, 1.54) is 0 Å². The Morgan fingerprint density at radius 2 is 2.00 bits per heavy atom. The SMILES string of the molecule is Cc1cc(NC(C)(C)C)nc(N(C)C2CCS(=O)(=O)C2)n1. The summed E-state index contributed by atoms with van der Waals surface area (Å²) in [6.45, 7) is 8.12. The normalized spacial score (nSPS) is 21.3. The van der Waals surface area contributed by atoms with E-state index in [0.29, 0.717) is 12.4 Å². The highest BCUT2D eigenvalue weighted by atomic mass is 32.2. The van der Waals surface area contributed by atoms with Gasteiger partial charge in [0.15, 0.2) is 9.84 Å². The molecular formula is C14H24N4O2S. The fraction of sp³-hybridized carbons (Fsp3) is 0.714. The molecule has 2 rings (SSSR count). The van der Waals surface area contributed by atoms with Crippen molar-refractivity contribution in [3.8, 4) is 0 Å². The molecule has 1 aromatic heterocycles. The van der Waals surface area contributed by atoms with E-state index in [1.54, 1.807) is 0 Å². The first-order valence-corrected chi connectivity index (χ1v) is 8.95. The van der Waals surface area contributed by atoms with Gasteiger partial charge in [-0.3, -0.25) is 0 Å². The molecule has 0 aliphatic carbocycles. The maximum absolute atomic E-state index is 11.6. The number of nitrogens with zero attached hydrogens (tertiary/aromatic N) is 3. The van der Waals surface area contributed by atoms with E-state index in [4.69, 9.17) is 0 Å². The third-order valence-corrected chi connectivity index (χ3v) is 5.17. The van der Waals surface area contributed by atoms with E-state index >= 15 is 0 Å². The van der Waals surface area contributed by atoms with Gasteiger partial charge in [0, 0.05) is 30.4 Å². The van der Waals surface area contributed by atoms with Crippen LogP contribution in [0.2, 0.25) is 0 Å². The van der Waals surface area contributed by atoms with Crippen LogP contribution in [0.4, 0.5) is 11.8 Å². The zero-order valence-electron chi connectivity index (χ0n) is 13.3. The lowest BCUT2D eigenvalue weighted by atomic mass is 10.1. The molecule has 21 heavy (non-hydrogen) atoms. The zero-order chi connectivity index (χ0) is 15.8. The Bertz CT molecular complexity index is 622. The Morgan fingerprint density at radius 1 is 1.33 bits per heavy atom. The summed E-state index contributed by atoms with van der Waals surface area (Å²) >= 11 is 0. The number of rotatable bonds is 3. The van der Waals surface area contributed by atoms with Gasteiger partial charge in [0.05, 0.1) is 11.5 Å². The third-order valence-electron chi connectivity index (χ3n) is 3.42. The summed E-state index contributed by atoms with van der Waals surface area (Å²) in [6, 6.07) is 1.85. The summed E-state index contributed by atoms with van der Waals surface area (Å²) < 4.78 is 23.2. The van der Waals surface area contributed by atoms with E-state index in [9.17, 15) is 8.42 Å². The number of sulfone groups is 1. The summed E-state index contributed by atoms with van der Waals surface area (Å²) in [5, 5.41) is 3.33. The van der Waals surface area contributed by atoms with E-state index < -0.39 is 9.84 Å². The van der Waals surface area contributed by atoms with Crippen molar-refractivity contribution in [1.82, 2.24) is 9.97 Å². The second-order valence-corrected chi connectivity index (χ2v) is 8.97. The fourth-order valence-electron chi connectivity index (χ4n) is 2.40. The van der Waals surface area contributed by atoms with E-state index in [0.717, 1.165) is 11.5 Å². The highest BCUT2D eigenvalue weighted by Crippen LogP contribution is 2.22. The molecule has 6 nitrogen and oxygen atoms in total. The summed E-state index contributed by atoms with van der Waals surface area (Å²) in [4.78, 5) is 10.8. The van der Waals surface area contributed by atoms with Crippen LogP contribution < -0.4 is 10.2 Å². The molecule has 0 bridgehead atoms. The van der Waals surface area contributed by atoms with Gasteiger partial charge in [-0.2, -0.15) is 4.98 Å². The van der Waals surface area contributed by atoms with Crippen LogP contribution >= 0.6 is 0 Å². The van der Waals surface area contributed by atoms with Gasteiger partial charge in [0.1, 0.15) is 5.82 Å². The maximum Gasteiger partial charge on any atom is 0.227 e. The zero-order valence-corrected chi connectivity index (χ0v) is 14.2. The maximum atomic E-state index is 11.6. The molecule has 0 aromatic carbocycles. The van der Waals surface area contributed by atoms with Crippen LogP contribution in [0.1, 0.15) is 32.9 Å². The predicted molar refractivity (Wildman–Crippen MR) is 85.6 cm³/mol. The molecule has 118 valence electrons. The largest absolute Gasteiger partial charge is 0.365 e. The summed E-state index contributed by atoms with van der Waals surface area (Å²) in [7, 11) is -1.05. The molecule has 1 fully saturated rings. The van der Waals surface area contributed by atoms with E-state index in [-0.39, 0.29) is 23.1 Å². The van der Waals surface area contributed by atoms with Crippen molar-refractivity contribution in [2.24, 2.45) is 0 Å². The summed E-state index contributed by atoms with van der Waals surface area (Å²) in [5.41, 5.74) is 0.771. The number of anilines is 2. The lowest BCUT2D eigenvalue weighted by Crippen LogP contribution is -2.34. The Morgan fingerprint density at radius 3 is 2.52 bits per heavy atom. The van der Waals surface area contributed by atoms with Crippen molar-refractivity contribution in [2.45, 2.75) is 45.7 Å². The molecule has 1 saturated heterocycles. The fourth-order valence-corrected chi connectivity index (χ4v) is 4.18. The lowest BCUT2D eigenvalue weighted by Gasteiger charge is -2.26. The van der Waals surface area contributed by atoms with Gasteiger partial charge in [-0.1, -0.05) is 0 Å². The second-order valence-electron chi connectivity index (χ2n) is 6.74. The minimum Gasteiger partial charge on any atom is -0.365 e. The van der Waals surface area contributed by atoms with Gasteiger partial charge >= 0.3 is 0 Å². The second kappa shape index (κ2) is 5.44. The monoisotopic (exact) mass is 312 g/mol. The van der Waals surface area contributed by atoms with Crippen molar-refractivity contribution < 1.29 is 8.42 Å². The molecule has 2 heterocycles. The van der Waals surface area contributed by atoms with Gasteiger partial charge in [-0.25, -0.2) is 13.4 Å². The molecule has 0 saturated carbocycles. The van der Waals surface area contributed by atoms with Crippen molar-refractivity contribution in [3.05, 3.63) is 11.8 Å². The molecule has 0 amide bonds. The van der Waals surface area contributed by atoms with Gasteiger partial charge < -0.3 is 10.2 Å². The topological polar surface area (TPSA) is 75.2 Å². The number of hydrogen-bond donors (Lipinski definition) is 1. The van der Waals surface area contributed by atoms with Gasteiger partial charge in [-0.15, -0.1) is 0 Å². The van der Waals surface area contributed by atoms with Crippen LogP contribution in [0.25, 0.3) is 0 Å². The van der Waals surface area contributed by atoms with E-state index in [1.807, 2.05) is 24.9 Å². The Balaban J connectivity index is 2.23. The van der Waals surface area contributed by atoms with Crippen LogP contribution in [0.3, 0.4) is 0 Å². The number of aryl methyl sites for hydroxylation is 1. The van der Waals surface area contributed by atoms with Gasteiger partial charge in [0.2, 0.25) is 5.95 Å². The molecule has 1 aromatic rings.